The van der Waals surface area contributed by atoms with Gasteiger partial charge >= 0.3 is 0 Å². The Bertz CT molecular complexity index is 407. The number of nitrogens with one attached hydrogen (secondary N) is 1. The smallest absolute Gasteiger partial charge is 0.272 e. The predicted octanol–water partition coefficient (Wildman–Crippen LogP) is 4.09. The van der Waals surface area contributed by atoms with Gasteiger partial charge in [0.1, 0.15) is 0 Å². The molecule has 4 nitrogen and oxygen atoms in total. The van der Waals surface area contributed by atoms with Crippen molar-refractivity contribution in [3.05, 3.63) is 39.9 Å². The fourth-order valence-corrected chi connectivity index (χ4v) is 2.51. The lowest BCUT2D eigenvalue weighted by atomic mass is 9.99. The maximum Gasteiger partial charge on any atom is 0.272 e. The molecule has 1 unspecified atom stereocenters. The highest BCUT2D eigenvalue weighted by atomic mass is 16.6. The van der Waals surface area contributed by atoms with Crippen molar-refractivity contribution >= 4 is 5.69 Å². The summed E-state index contributed by atoms with van der Waals surface area (Å²) < 4.78 is 0. The van der Waals surface area contributed by atoms with E-state index in [0.29, 0.717) is 6.04 Å². The standard InChI is InChI=1S/C16H26N2O2/c1-3-5-6-7-11-15(17-4-2)13-14-10-8-9-12-16(14)18(19)20/h8-10,12,15,17H,3-7,11,13H2,1-2H3. The molecule has 0 aliphatic heterocycles. The molecule has 1 aromatic carbocycles. The maximum absolute atomic E-state index is 11.0. The van der Waals surface area contributed by atoms with Gasteiger partial charge in [0.05, 0.1) is 4.92 Å². The number of nitro groups is 1. The van der Waals surface area contributed by atoms with Gasteiger partial charge in [0, 0.05) is 17.7 Å². The van der Waals surface area contributed by atoms with Crippen LogP contribution in [0, 0.1) is 10.1 Å². The van der Waals surface area contributed by atoms with Crippen LogP contribution < -0.4 is 5.32 Å². The molecule has 0 heterocycles. The minimum atomic E-state index is -0.282. The normalized spacial score (nSPS) is 12.3. The highest BCUT2D eigenvalue weighted by Crippen LogP contribution is 2.20. The van der Waals surface area contributed by atoms with Gasteiger partial charge in [-0.05, 0) is 19.4 Å². The fourth-order valence-electron chi connectivity index (χ4n) is 2.51. The van der Waals surface area contributed by atoms with Crippen LogP contribution in [0.4, 0.5) is 5.69 Å². The average Bonchev–Trinajstić information content (AvgIpc) is 2.44. The largest absolute Gasteiger partial charge is 0.314 e. The highest BCUT2D eigenvalue weighted by molar-refractivity contribution is 5.40. The number of nitro benzene ring substituents is 1. The first kappa shape index (κ1) is 16.6. The number of likely N-dealkylation sites (N-methyl/N-ethyl adjacent to an activating group) is 1. The van der Waals surface area contributed by atoms with Gasteiger partial charge in [-0.25, -0.2) is 0 Å². The molecule has 0 spiro atoms. The minimum Gasteiger partial charge on any atom is -0.314 e. The number of hydrogen-bond acceptors (Lipinski definition) is 3. The summed E-state index contributed by atoms with van der Waals surface area (Å²) in [5, 5.41) is 14.5. The van der Waals surface area contributed by atoms with Crippen LogP contribution in [0.2, 0.25) is 0 Å². The third-order valence-electron chi connectivity index (χ3n) is 3.55. The predicted molar refractivity (Wildman–Crippen MR) is 83.0 cm³/mol. The summed E-state index contributed by atoms with van der Waals surface area (Å²) in [6, 6.07) is 7.40. The van der Waals surface area contributed by atoms with Gasteiger partial charge in [0.15, 0.2) is 0 Å². The van der Waals surface area contributed by atoms with Gasteiger partial charge in [-0.3, -0.25) is 10.1 Å². The third kappa shape index (κ3) is 5.70. The summed E-state index contributed by atoms with van der Waals surface area (Å²) in [7, 11) is 0. The molecule has 1 aromatic rings. The third-order valence-corrected chi connectivity index (χ3v) is 3.55. The zero-order valence-electron chi connectivity index (χ0n) is 12.6. The SMILES string of the molecule is CCCCCCC(Cc1ccccc1[N+](=O)[O-])NCC. The first-order chi connectivity index (χ1) is 9.69. The van der Waals surface area contributed by atoms with E-state index in [0.717, 1.165) is 24.9 Å². The van der Waals surface area contributed by atoms with Crippen molar-refractivity contribution in [1.82, 2.24) is 5.32 Å². The lowest BCUT2D eigenvalue weighted by molar-refractivity contribution is -0.385. The molecule has 0 aliphatic rings. The van der Waals surface area contributed by atoms with E-state index in [2.05, 4.69) is 19.2 Å². The second-order valence-electron chi connectivity index (χ2n) is 5.19. The van der Waals surface area contributed by atoms with E-state index in [1.165, 1.54) is 25.7 Å². The van der Waals surface area contributed by atoms with E-state index in [9.17, 15) is 10.1 Å². The zero-order chi connectivity index (χ0) is 14.8. The summed E-state index contributed by atoms with van der Waals surface area (Å²) in [5.74, 6) is 0. The second kappa shape index (κ2) is 9.48. The first-order valence-corrected chi connectivity index (χ1v) is 7.64. The monoisotopic (exact) mass is 278 g/mol. The van der Waals surface area contributed by atoms with E-state index < -0.39 is 0 Å². The minimum absolute atomic E-state index is 0.240. The van der Waals surface area contributed by atoms with E-state index >= 15 is 0 Å². The number of para-hydroxylation sites is 1. The lowest BCUT2D eigenvalue weighted by Gasteiger charge is -2.18. The molecule has 0 bridgehead atoms. The van der Waals surface area contributed by atoms with Crippen LogP contribution in [0.25, 0.3) is 0 Å². The van der Waals surface area contributed by atoms with Crippen molar-refractivity contribution in [2.45, 2.75) is 58.4 Å². The number of benzene rings is 1. The maximum atomic E-state index is 11.0. The molecule has 1 N–H and O–H groups in total. The lowest BCUT2D eigenvalue weighted by Crippen LogP contribution is -2.31. The van der Waals surface area contributed by atoms with Crippen molar-refractivity contribution in [2.75, 3.05) is 6.54 Å². The van der Waals surface area contributed by atoms with Gasteiger partial charge in [-0.2, -0.15) is 0 Å². The Morgan fingerprint density at radius 2 is 1.95 bits per heavy atom. The van der Waals surface area contributed by atoms with Gasteiger partial charge in [0.2, 0.25) is 0 Å². The Kier molecular flexibility index (Phi) is 7.88. The van der Waals surface area contributed by atoms with Gasteiger partial charge in [0.25, 0.3) is 5.69 Å². The molecule has 0 aliphatic carbocycles. The summed E-state index contributed by atoms with van der Waals surface area (Å²) >= 11 is 0. The van der Waals surface area contributed by atoms with Crippen LogP contribution in [0.1, 0.15) is 51.5 Å². The average molecular weight is 278 g/mol. The molecule has 112 valence electrons. The second-order valence-corrected chi connectivity index (χ2v) is 5.19. The van der Waals surface area contributed by atoms with Crippen LogP contribution >= 0.6 is 0 Å². The summed E-state index contributed by atoms with van der Waals surface area (Å²) in [5.41, 5.74) is 1.07. The summed E-state index contributed by atoms with van der Waals surface area (Å²) in [4.78, 5) is 10.8. The number of hydrogen-bond donors (Lipinski definition) is 1. The van der Waals surface area contributed by atoms with Crippen molar-refractivity contribution in [1.29, 1.82) is 0 Å². The van der Waals surface area contributed by atoms with Crippen molar-refractivity contribution < 1.29 is 4.92 Å². The van der Waals surface area contributed by atoms with Crippen molar-refractivity contribution in [3.8, 4) is 0 Å². The topological polar surface area (TPSA) is 55.2 Å². The molecular formula is C16H26N2O2. The molecule has 0 fully saturated rings. The molecule has 0 saturated carbocycles. The van der Waals surface area contributed by atoms with Crippen LogP contribution in [0.5, 0.6) is 0 Å². The van der Waals surface area contributed by atoms with E-state index in [1.807, 2.05) is 12.1 Å². The number of nitrogens with zero attached hydrogens (tertiary/aromatic N) is 1. The molecule has 0 amide bonds. The Labute approximate surface area is 121 Å². The van der Waals surface area contributed by atoms with E-state index in [1.54, 1.807) is 12.1 Å². The van der Waals surface area contributed by atoms with Gasteiger partial charge in [-0.15, -0.1) is 0 Å². The van der Waals surface area contributed by atoms with Gasteiger partial charge < -0.3 is 5.32 Å². The first-order valence-electron chi connectivity index (χ1n) is 7.64. The van der Waals surface area contributed by atoms with E-state index in [4.69, 9.17) is 0 Å². The highest BCUT2D eigenvalue weighted by Gasteiger charge is 2.16. The van der Waals surface area contributed by atoms with Crippen molar-refractivity contribution in [2.24, 2.45) is 0 Å². The number of rotatable bonds is 10. The van der Waals surface area contributed by atoms with Crippen LogP contribution in [-0.2, 0) is 6.42 Å². The zero-order valence-corrected chi connectivity index (χ0v) is 12.6. The molecule has 0 aromatic heterocycles. The van der Waals surface area contributed by atoms with Crippen LogP contribution in [0.3, 0.4) is 0 Å². The molecule has 0 saturated heterocycles. The Hall–Kier alpha value is -1.42. The number of unbranched alkanes of at least 4 members (excludes halogenated alkanes) is 3. The van der Waals surface area contributed by atoms with Crippen LogP contribution in [0.15, 0.2) is 24.3 Å². The van der Waals surface area contributed by atoms with E-state index in [-0.39, 0.29) is 10.6 Å². The molecule has 1 rings (SSSR count). The van der Waals surface area contributed by atoms with Crippen molar-refractivity contribution in [3.63, 3.8) is 0 Å². The summed E-state index contributed by atoms with van der Waals surface area (Å²) in [6.07, 6.45) is 6.75. The molecule has 4 heteroatoms. The Morgan fingerprint density at radius 3 is 2.60 bits per heavy atom. The van der Waals surface area contributed by atoms with Crippen LogP contribution in [-0.4, -0.2) is 17.5 Å². The Balaban J connectivity index is 2.62. The fraction of sp³-hybridized carbons (Fsp3) is 0.625. The van der Waals surface area contributed by atoms with Gasteiger partial charge in [-0.1, -0.05) is 57.7 Å². The molecular weight excluding hydrogens is 252 g/mol. The molecule has 20 heavy (non-hydrogen) atoms. The molecule has 1 atom stereocenters. The molecule has 0 radical (unpaired) electrons. The quantitative estimate of drug-likeness (QED) is 0.398. The summed E-state index contributed by atoms with van der Waals surface area (Å²) in [6.45, 7) is 5.19. The Morgan fingerprint density at radius 1 is 1.20 bits per heavy atom.